The molecular weight excluding hydrogens is 313 g/mol. The third kappa shape index (κ3) is 6.30. The predicted molar refractivity (Wildman–Crippen MR) is 103 cm³/mol. The van der Waals surface area contributed by atoms with E-state index in [4.69, 9.17) is 0 Å². The monoisotopic (exact) mass is 345 g/mol. The van der Waals surface area contributed by atoms with Crippen LogP contribution in [0.15, 0.2) is 29.8 Å². The summed E-state index contributed by atoms with van der Waals surface area (Å²) in [5, 5.41) is 0. The van der Waals surface area contributed by atoms with Gasteiger partial charge in [0, 0.05) is 19.0 Å². The van der Waals surface area contributed by atoms with Gasteiger partial charge in [0.15, 0.2) is 0 Å². The fraction of sp³-hybridized carbons (Fsp3) is 0.591. The van der Waals surface area contributed by atoms with Crippen molar-refractivity contribution in [3.63, 3.8) is 0 Å². The van der Waals surface area contributed by atoms with E-state index in [2.05, 4.69) is 24.8 Å². The van der Waals surface area contributed by atoms with Crippen molar-refractivity contribution in [2.45, 2.75) is 65.2 Å². The molecule has 25 heavy (non-hydrogen) atoms. The minimum atomic E-state index is -0.201. The summed E-state index contributed by atoms with van der Waals surface area (Å²) in [5.74, 6) is 0.366. The number of rotatable bonds is 8. The first-order valence-electron chi connectivity index (χ1n) is 9.87. The lowest BCUT2D eigenvalue weighted by atomic mass is 9.93. The van der Waals surface area contributed by atoms with Gasteiger partial charge in [-0.15, -0.1) is 0 Å². The van der Waals surface area contributed by atoms with E-state index in [1.54, 1.807) is 0 Å². The van der Waals surface area contributed by atoms with Gasteiger partial charge in [-0.1, -0.05) is 63.3 Å². The van der Waals surface area contributed by atoms with E-state index in [-0.39, 0.29) is 11.7 Å². The molecule has 3 heteroatoms. The van der Waals surface area contributed by atoms with Crippen molar-refractivity contribution in [1.29, 1.82) is 0 Å². The number of piperidine rings is 1. The van der Waals surface area contributed by atoms with Crippen molar-refractivity contribution >= 4 is 12.0 Å². The van der Waals surface area contributed by atoms with E-state index < -0.39 is 0 Å². The van der Waals surface area contributed by atoms with E-state index in [1.807, 2.05) is 12.1 Å². The molecule has 2 nitrogen and oxygen atoms in total. The molecule has 0 radical (unpaired) electrons. The Labute approximate surface area is 152 Å². The summed E-state index contributed by atoms with van der Waals surface area (Å²) >= 11 is 0. The lowest BCUT2D eigenvalue weighted by molar-refractivity contribution is -0.136. The van der Waals surface area contributed by atoms with Gasteiger partial charge in [-0.05, 0) is 43.4 Å². The molecule has 138 valence electrons. The Morgan fingerprint density at radius 2 is 1.76 bits per heavy atom. The molecular formula is C22H32FNO. The molecule has 1 atom stereocenters. The fourth-order valence-electron chi connectivity index (χ4n) is 3.59. The first-order valence-corrected chi connectivity index (χ1v) is 9.87. The van der Waals surface area contributed by atoms with Crippen LogP contribution in [-0.4, -0.2) is 23.9 Å². The standard InChI is InChI=1S/C22H32FNO/c1-3-5-6-8-20(7-4-2)22(25)24-15-13-19(14-16-24)17-18-9-11-21(23)12-10-18/h9-12,17,20H,3-8,13-16H2,1-2H3/t20-/m0/s1. The average Bonchev–Trinajstić information content (AvgIpc) is 2.63. The van der Waals surface area contributed by atoms with Crippen LogP contribution in [0.4, 0.5) is 4.39 Å². The van der Waals surface area contributed by atoms with Gasteiger partial charge in [-0.25, -0.2) is 4.39 Å². The highest BCUT2D eigenvalue weighted by Crippen LogP contribution is 2.24. The molecule has 1 aromatic carbocycles. The number of likely N-dealkylation sites (tertiary alicyclic amines) is 1. The highest BCUT2D eigenvalue weighted by atomic mass is 19.1. The number of carbonyl (C=O) groups is 1. The van der Waals surface area contributed by atoms with Crippen molar-refractivity contribution < 1.29 is 9.18 Å². The van der Waals surface area contributed by atoms with E-state index in [0.29, 0.717) is 5.91 Å². The third-order valence-corrected chi connectivity index (χ3v) is 5.10. The Kier molecular flexibility index (Phi) is 8.17. The molecule has 1 fully saturated rings. The zero-order valence-corrected chi connectivity index (χ0v) is 15.8. The maximum absolute atomic E-state index is 13.0. The SMILES string of the molecule is CCCCC[C@H](CCC)C(=O)N1CCC(=Cc2ccc(F)cc2)CC1. The summed E-state index contributed by atoms with van der Waals surface area (Å²) in [5.41, 5.74) is 2.40. The molecule has 0 aromatic heterocycles. The van der Waals surface area contributed by atoms with Gasteiger partial charge in [-0.2, -0.15) is 0 Å². The molecule has 1 heterocycles. The van der Waals surface area contributed by atoms with E-state index in [1.165, 1.54) is 30.5 Å². The normalized spacial score (nSPS) is 16.0. The molecule has 0 aliphatic carbocycles. The topological polar surface area (TPSA) is 20.3 Å². The number of halogens is 1. The molecule has 1 aromatic rings. The van der Waals surface area contributed by atoms with Gasteiger partial charge in [0.2, 0.25) is 5.91 Å². The van der Waals surface area contributed by atoms with Gasteiger partial charge < -0.3 is 4.90 Å². The van der Waals surface area contributed by atoms with Crippen molar-refractivity contribution in [2.75, 3.05) is 13.1 Å². The highest BCUT2D eigenvalue weighted by molar-refractivity contribution is 5.79. The second kappa shape index (κ2) is 10.4. The van der Waals surface area contributed by atoms with Gasteiger partial charge in [0.25, 0.3) is 0 Å². The van der Waals surface area contributed by atoms with Crippen LogP contribution in [0.25, 0.3) is 6.08 Å². The number of hydrogen-bond acceptors (Lipinski definition) is 1. The number of nitrogens with zero attached hydrogens (tertiary/aromatic N) is 1. The Hall–Kier alpha value is -1.64. The second-order valence-corrected chi connectivity index (χ2v) is 7.16. The van der Waals surface area contributed by atoms with Gasteiger partial charge in [-0.3, -0.25) is 4.79 Å². The van der Waals surface area contributed by atoms with Crippen molar-refractivity contribution in [3.8, 4) is 0 Å². The largest absolute Gasteiger partial charge is 0.342 e. The van der Waals surface area contributed by atoms with Gasteiger partial charge in [0.1, 0.15) is 5.82 Å². The Morgan fingerprint density at radius 1 is 1.08 bits per heavy atom. The lowest BCUT2D eigenvalue weighted by Crippen LogP contribution is -2.40. The van der Waals surface area contributed by atoms with E-state index in [9.17, 15) is 9.18 Å². The maximum Gasteiger partial charge on any atom is 0.225 e. The fourth-order valence-corrected chi connectivity index (χ4v) is 3.59. The van der Waals surface area contributed by atoms with Crippen LogP contribution >= 0.6 is 0 Å². The van der Waals surface area contributed by atoms with Crippen LogP contribution in [0.5, 0.6) is 0 Å². The van der Waals surface area contributed by atoms with E-state index in [0.717, 1.165) is 57.2 Å². The average molecular weight is 346 g/mol. The molecule has 1 aliphatic rings. The van der Waals surface area contributed by atoms with Crippen molar-refractivity contribution in [1.82, 2.24) is 4.90 Å². The number of benzene rings is 1. The summed E-state index contributed by atoms with van der Waals surface area (Å²) < 4.78 is 13.0. The summed E-state index contributed by atoms with van der Waals surface area (Å²) in [6, 6.07) is 6.61. The minimum absolute atomic E-state index is 0.201. The molecule has 1 saturated heterocycles. The van der Waals surface area contributed by atoms with Crippen LogP contribution in [0.3, 0.4) is 0 Å². The zero-order chi connectivity index (χ0) is 18.1. The molecule has 2 rings (SSSR count). The third-order valence-electron chi connectivity index (χ3n) is 5.10. The molecule has 1 amide bonds. The van der Waals surface area contributed by atoms with Crippen LogP contribution in [0.2, 0.25) is 0 Å². The lowest BCUT2D eigenvalue weighted by Gasteiger charge is -2.32. The second-order valence-electron chi connectivity index (χ2n) is 7.16. The summed E-state index contributed by atoms with van der Waals surface area (Å²) in [6.07, 6.45) is 10.7. The molecule has 0 N–H and O–H groups in total. The molecule has 0 bridgehead atoms. The van der Waals surface area contributed by atoms with Crippen LogP contribution in [0.1, 0.15) is 70.8 Å². The van der Waals surface area contributed by atoms with Crippen molar-refractivity contribution in [3.05, 3.63) is 41.2 Å². The van der Waals surface area contributed by atoms with E-state index >= 15 is 0 Å². The maximum atomic E-state index is 13.0. The van der Waals surface area contributed by atoms with Crippen LogP contribution in [-0.2, 0) is 4.79 Å². The summed E-state index contributed by atoms with van der Waals surface area (Å²) in [7, 11) is 0. The first kappa shape index (κ1) is 19.7. The smallest absolute Gasteiger partial charge is 0.225 e. The summed E-state index contributed by atoms with van der Waals surface area (Å²) in [6.45, 7) is 6.01. The predicted octanol–water partition coefficient (Wildman–Crippen LogP) is 5.83. The number of unbranched alkanes of at least 4 members (excludes halogenated alkanes) is 2. The Balaban J connectivity index is 1.88. The molecule has 0 saturated carbocycles. The zero-order valence-electron chi connectivity index (χ0n) is 15.8. The van der Waals surface area contributed by atoms with Crippen LogP contribution < -0.4 is 0 Å². The Morgan fingerprint density at radius 3 is 2.36 bits per heavy atom. The number of carbonyl (C=O) groups excluding carboxylic acids is 1. The first-order chi connectivity index (χ1) is 12.1. The molecule has 0 unspecified atom stereocenters. The van der Waals surface area contributed by atoms with Gasteiger partial charge >= 0.3 is 0 Å². The quantitative estimate of drug-likeness (QED) is 0.543. The Bertz CT molecular complexity index is 554. The van der Waals surface area contributed by atoms with Crippen LogP contribution in [0, 0.1) is 11.7 Å². The number of amides is 1. The van der Waals surface area contributed by atoms with Gasteiger partial charge in [0.05, 0.1) is 0 Å². The minimum Gasteiger partial charge on any atom is -0.342 e. The molecule has 0 spiro atoms. The molecule has 1 aliphatic heterocycles. The summed E-state index contributed by atoms with van der Waals surface area (Å²) in [4.78, 5) is 14.9. The van der Waals surface area contributed by atoms with Crippen molar-refractivity contribution in [2.24, 2.45) is 5.92 Å². The number of hydrogen-bond donors (Lipinski definition) is 0. The highest BCUT2D eigenvalue weighted by Gasteiger charge is 2.25.